The van der Waals surface area contributed by atoms with E-state index in [9.17, 15) is 32.9 Å². The number of aromatic nitrogens is 2. The zero-order chi connectivity index (χ0) is 23.6. The first-order valence-electron chi connectivity index (χ1n) is 9.28. The van der Waals surface area contributed by atoms with Gasteiger partial charge in [-0.05, 0) is 32.0 Å². The van der Waals surface area contributed by atoms with Gasteiger partial charge in [-0.2, -0.15) is 13.2 Å². The van der Waals surface area contributed by atoms with Crippen LogP contribution in [0.1, 0.15) is 25.5 Å². The van der Waals surface area contributed by atoms with E-state index in [0.29, 0.717) is 17.0 Å². The Morgan fingerprint density at radius 2 is 1.94 bits per heavy atom. The molecule has 1 N–H and O–H groups in total. The fourth-order valence-electron chi connectivity index (χ4n) is 2.99. The van der Waals surface area contributed by atoms with Gasteiger partial charge in [0.25, 0.3) is 11.2 Å². The fourth-order valence-corrected chi connectivity index (χ4v) is 3.92. The third-order valence-electron chi connectivity index (χ3n) is 4.42. The van der Waals surface area contributed by atoms with Gasteiger partial charge in [-0.1, -0.05) is 23.9 Å². The van der Waals surface area contributed by atoms with Crippen LogP contribution in [-0.2, 0) is 11.0 Å². The Balaban J connectivity index is 1.86. The van der Waals surface area contributed by atoms with Crippen LogP contribution in [0.15, 0.2) is 52.4 Å². The van der Waals surface area contributed by atoms with Crippen LogP contribution in [0, 0.1) is 10.1 Å². The van der Waals surface area contributed by atoms with E-state index in [4.69, 9.17) is 0 Å². The number of hydrogen-bond donors (Lipinski definition) is 1. The molecule has 0 fully saturated rings. The lowest BCUT2D eigenvalue weighted by Gasteiger charge is -2.16. The molecule has 1 aromatic heterocycles. The Morgan fingerprint density at radius 1 is 1.25 bits per heavy atom. The van der Waals surface area contributed by atoms with Crippen molar-refractivity contribution in [1.29, 1.82) is 0 Å². The number of carbonyl (C=O) groups excluding carboxylic acids is 1. The van der Waals surface area contributed by atoms with Crippen molar-refractivity contribution >= 4 is 39.9 Å². The molecule has 0 aliphatic heterocycles. The third kappa shape index (κ3) is 4.90. The van der Waals surface area contributed by atoms with Gasteiger partial charge in [0.05, 0.1) is 32.8 Å². The van der Waals surface area contributed by atoms with Crippen LogP contribution in [0.4, 0.5) is 24.5 Å². The largest absolute Gasteiger partial charge is 0.418 e. The van der Waals surface area contributed by atoms with Crippen molar-refractivity contribution in [3.05, 3.63) is 68.5 Å². The molecular formula is C20H17F3N4O4S. The van der Waals surface area contributed by atoms with Gasteiger partial charge in [0.15, 0.2) is 5.16 Å². The molecule has 8 nitrogen and oxygen atoms in total. The summed E-state index contributed by atoms with van der Waals surface area (Å²) in [6, 6.07) is 8.51. The Labute approximate surface area is 183 Å². The molecule has 1 heterocycles. The first-order valence-corrected chi connectivity index (χ1v) is 10.3. The quantitative estimate of drug-likeness (QED) is 0.246. The number of non-ortho nitro benzene ring substituents is 1. The van der Waals surface area contributed by atoms with E-state index in [1.807, 2.05) is 0 Å². The van der Waals surface area contributed by atoms with Crippen molar-refractivity contribution in [3.8, 4) is 0 Å². The summed E-state index contributed by atoms with van der Waals surface area (Å²) in [4.78, 5) is 39.4. The number of amides is 1. The van der Waals surface area contributed by atoms with Crippen LogP contribution >= 0.6 is 11.8 Å². The van der Waals surface area contributed by atoms with Crippen molar-refractivity contribution in [2.75, 3.05) is 11.1 Å². The normalized spacial score (nSPS) is 11.7. The fraction of sp³-hybridized carbons (Fsp3) is 0.250. The summed E-state index contributed by atoms with van der Waals surface area (Å²) in [6.45, 7) is 3.54. The second kappa shape index (κ2) is 8.99. The molecule has 3 aromatic rings. The van der Waals surface area contributed by atoms with Crippen molar-refractivity contribution in [1.82, 2.24) is 9.55 Å². The van der Waals surface area contributed by atoms with E-state index in [0.717, 1.165) is 23.9 Å². The molecule has 0 unspecified atom stereocenters. The minimum absolute atomic E-state index is 0.249. The number of fused-ring (bicyclic) bond motifs is 1. The summed E-state index contributed by atoms with van der Waals surface area (Å²) in [5.41, 5.74) is -2.52. The molecule has 0 spiro atoms. The molecule has 0 aliphatic carbocycles. The number of halogens is 3. The standard InChI is InChI=1S/C20H17F3N4O4S/c1-11(2)26-18(29)13-5-3-4-6-15(13)25-19(26)32-10-17(28)24-16-8-7-12(27(30)31)9-14(16)20(21,22)23/h3-9,11H,10H2,1-2H3,(H,24,28). The number of nitrogens with one attached hydrogen (secondary N) is 1. The second-order valence-corrected chi connectivity index (χ2v) is 7.94. The number of nitrogens with zero attached hydrogens (tertiary/aromatic N) is 3. The van der Waals surface area contributed by atoms with Gasteiger partial charge in [0.1, 0.15) is 0 Å². The first-order chi connectivity index (χ1) is 15.0. The Bertz CT molecular complexity index is 1260. The number of nitro groups is 1. The third-order valence-corrected chi connectivity index (χ3v) is 5.37. The van der Waals surface area contributed by atoms with Crippen LogP contribution in [0.5, 0.6) is 0 Å². The molecule has 0 radical (unpaired) electrons. The van der Waals surface area contributed by atoms with Crippen LogP contribution < -0.4 is 10.9 Å². The highest BCUT2D eigenvalue weighted by molar-refractivity contribution is 7.99. The topological polar surface area (TPSA) is 107 Å². The van der Waals surface area contributed by atoms with Gasteiger partial charge in [-0.25, -0.2) is 4.98 Å². The second-order valence-electron chi connectivity index (χ2n) is 7.00. The lowest BCUT2D eigenvalue weighted by molar-refractivity contribution is -0.385. The summed E-state index contributed by atoms with van der Waals surface area (Å²) in [6.07, 6.45) is -4.90. The van der Waals surface area contributed by atoms with E-state index < -0.39 is 33.9 Å². The highest BCUT2D eigenvalue weighted by atomic mass is 32.2. The van der Waals surface area contributed by atoms with E-state index in [2.05, 4.69) is 10.3 Å². The molecule has 3 rings (SSSR count). The minimum atomic E-state index is -4.90. The average molecular weight is 466 g/mol. The van der Waals surface area contributed by atoms with Crippen molar-refractivity contribution in [2.24, 2.45) is 0 Å². The average Bonchev–Trinajstić information content (AvgIpc) is 2.71. The number of para-hydroxylation sites is 1. The van der Waals surface area contributed by atoms with Gasteiger partial charge in [-0.15, -0.1) is 0 Å². The monoisotopic (exact) mass is 466 g/mol. The number of benzene rings is 2. The number of rotatable bonds is 6. The van der Waals surface area contributed by atoms with E-state index in [1.165, 1.54) is 4.57 Å². The zero-order valence-electron chi connectivity index (χ0n) is 16.8. The molecule has 2 aromatic carbocycles. The van der Waals surface area contributed by atoms with Gasteiger partial charge in [0.2, 0.25) is 5.91 Å². The molecule has 32 heavy (non-hydrogen) atoms. The summed E-state index contributed by atoms with van der Waals surface area (Å²) in [5.74, 6) is -1.11. The highest BCUT2D eigenvalue weighted by Crippen LogP contribution is 2.37. The van der Waals surface area contributed by atoms with Crippen LogP contribution in [0.25, 0.3) is 10.9 Å². The highest BCUT2D eigenvalue weighted by Gasteiger charge is 2.35. The van der Waals surface area contributed by atoms with E-state index in [-0.39, 0.29) is 22.5 Å². The summed E-state index contributed by atoms with van der Waals surface area (Å²) in [5, 5.41) is 13.6. The summed E-state index contributed by atoms with van der Waals surface area (Å²) >= 11 is 0.903. The summed E-state index contributed by atoms with van der Waals surface area (Å²) in [7, 11) is 0. The van der Waals surface area contributed by atoms with Gasteiger partial charge < -0.3 is 5.32 Å². The smallest absolute Gasteiger partial charge is 0.325 e. The van der Waals surface area contributed by atoms with Gasteiger partial charge >= 0.3 is 6.18 Å². The zero-order valence-corrected chi connectivity index (χ0v) is 17.7. The number of thioether (sulfide) groups is 1. The molecule has 0 aliphatic rings. The van der Waals surface area contributed by atoms with E-state index >= 15 is 0 Å². The first kappa shape index (κ1) is 23.3. The summed E-state index contributed by atoms with van der Waals surface area (Å²) < 4.78 is 41.3. The minimum Gasteiger partial charge on any atom is -0.325 e. The van der Waals surface area contributed by atoms with Crippen LogP contribution in [-0.4, -0.2) is 26.1 Å². The maximum atomic E-state index is 13.3. The Morgan fingerprint density at radius 3 is 2.56 bits per heavy atom. The number of nitro benzene ring substituents is 1. The van der Waals surface area contributed by atoms with Crippen LogP contribution in [0.3, 0.4) is 0 Å². The lowest BCUT2D eigenvalue weighted by Crippen LogP contribution is -2.26. The number of carbonyl (C=O) groups is 1. The molecular weight excluding hydrogens is 449 g/mol. The van der Waals surface area contributed by atoms with Crippen LogP contribution in [0.2, 0.25) is 0 Å². The predicted molar refractivity (Wildman–Crippen MR) is 114 cm³/mol. The lowest BCUT2D eigenvalue weighted by atomic mass is 10.1. The number of anilines is 1. The van der Waals surface area contributed by atoms with Crippen molar-refractivity contribution < 1.29 is 22.9 Å². The van der Waals surface area contributed by atoms with E-state index in [1.54, 1.807) is 38.1 Å². The van der Waals surface area contributed by atoms with Gasteiger partial charge in [0, 0.05) is 18.2 Å². The maximum Gasteiger partial charge on any atom is 0.418 e. The molecule has 0 saturated heterocycles. The maximum absolute atomic E-state index is 13.3. The van der Waals surface area contributed by atoms with Gasteiger partial charge in [-0.3, -0.25) is 24.3 Å². The predicted octanol–water partition coefficient (Wildman–Crippen LogP) is 4.64. The SMILES string of the molecule is CC(C)n1c(SCC(=O)Nc2ccc([N+](=O)[O-])cc2C(F)(F)F)nc2ccccc2c1=O. The molecule has 12 heteroatoms. The molecule has 0 atom stereocenters. The number of hydrogen-bond acceptors (Lipinski definition) is 6. The molecule has 168 valence electrons. The molecule has 0 bridgehead atoms. The number of alkyl halides is 3. The molecule has 1 amide bonds. The Kier molecular flexibility index (Phi) is 6.53. The van der Waals surface area contributed by atoms with Crippen molar-refractivity contribution in [2.45, 2.75) is 31.2 Å². The van der Waals surface area contributed by atoms with Crippen molar-refractivity contribution in [3.63, 3.8) is 0 Å². The molecule has 0 saturated carbocycles. The Hall–Kier alpha value is -3.41.